The van der Waals surface area contributed by atoms with Crippen LogP contribution >= 0.6 is 11.6 Å². The van der Waals surface area contributed by atoms with E-state index in [9.17, 15) is 9.59 Å². The molecule has 1 aromatic rings. The number of pyridine rings is 1. The predicted octanol–water partition coefficient (Wildman–Crippen LogP) is 1.06. The summed E-state index contributed by atoms with van der Waals surface area (Å²) in [5.74, 6) is -2.37. The second-order valence-electron chi connectivity index (χ2n) is 2.50. The molecule has 0 radical (unpaired) electrons. The maximum atomic E-state index is 10.6. The van der Waals surface area contributed by atoms with E-state index < -0.39 is 18.4 Å². The lowest BCUT2D eigenvalue weighted by Crippen LogP contribution is -2.09. The highest BCUT2D eigenvalue weighted by Gasteiger charge is 2.14. The second kappa shape index (κ2) is 4.06. The van der Waals surface area contributed by atoms with Crippen molar-refractivity contribution in [3.63, 3.8) is 0 Å². The minimum atomic E-state index is -1.22. The second-order valence-corrected chi connectivity index (χ2v) is 2.89. The lowest BCUT2D eigenvalue weighted by molar-refractivity contribution is -0.136. The van der Waals surface area contributed by atoms with E-state index in [0.29, 0.717) is 0 Å². The summed E-state index contributed by atoms with van der Waals surface area (Å²) in [6.45, 7) is 0. The van der Waals surface area contributed by atoms with E-state index in [-0.39, 0.29) is 16.4 Å². The molecule has 14 heavy (non-hydrogen) atoms. The van der Waals surface area contributed by atoms with Crippen LogP contribution in [0.25, 0.3) is 0 Å². The Morgan fingerprint density at radius 3 is 2.50 bits per heavy atom. The average Bonchev–Trinajstić information content (AvgIpc) is 2.01. The van der Waals surface area contributed by atoms with E-state index in [1.165, 1.54) is 12.1 Å². The maximum Gasteiger partial charge on any atom is 0.337 e. The number of carboxylic acid groups (broad SMARTS) is 2. The zero-order valence-electron chi connectivity index (χ0n) is 6.90. The Balaban J connectivity index is 3.15. The molecule has 0 saturated heterocycles. The summed E-state index contributed by atoms with van der Waals surface area (Å²) in [6, 6.07) is 2.53. The monoisotopic (exact) mass is 215 g/mol. The molecular formula is C8H6ClNO4. The first-order valence-corrected chi connectivity index (χ1v) is 3.99. The average molecular weight is 216 g/mol. The number of nitrogens with zero attached hydrogens (tertiary/aromatic N) is 1. The van der Waals surface area contributed by atoms with Gasteiger partial charge in [-0.1, -0.05) is 11.6 Å². The number of aliphatic carboxylic acids is 1. The molecule has 0 aliphatic rings. The van der Waals surface area contributed by atoms with Gasteiger partial charge in [0, 0.05) is 0 Å². The van der Waals surface area contributed by atoms with Gasteiger partial charge in [-0.3, -0.25) is 4.79 Å². The SMILES string of the molecule is O=C(O)Cc1nc(Cl)ccc1C(=O)O. The fraction of sp³-hybridized carbons (Fsp3) is 0.125. The van der Waals surface area contributed by atoms with Gasteiger partial charge in [0.2, 0.25) is 0 Å². The van der Waals surface area contributed by atoms with E-state index >= 15 is 0 Å². The molecule has 0 aromatic carbocycles. The Kier molecular flexibility index (Phi) is 3.03. The highest BCUT2D eigenvalue weighted by Crippen LogP contribution is 2.12. The van der Waals surface area contributed by atoms with Gasteiger partial charge in [0.15, 0.2) is 0 Å². The highest BCUT2D eigenvalue weighted by atomic mass is 35.5. The van der Waals surface area contributed by atoms with E-state index in [0.717, 1.165) is 0 Å². The van der Waals surface area contributed by atoms with Crippen molar-refractivity contribution in [3.8, 4) is 0 Å². The summed E-state index contributed by atoms with van der Waals surface area (Å²) in [5.41, 5.74) is -0.186. The number of hydrogen-bond donors (Lipinski definition) is 2. The molecule has 0 atom stereocenters. The zero-order chi connectivity index (χ0) is 10.7. The standard InChI is InChI=1S/C8H6ClNO4/c9-6-2-1-4(8(13)14)5(10-6)3-7(11)12/h1-2H,3H2,(H,11,12)(H,13,14). The van der Waals surface area contributed by atoms with E-state index in [4.69, 9.17) is 21.8 Å². The van der Waals surface area contributed by atoms with Crippen LogP contribution < -0.4 is 0 Å². The van der Waals surface area contributed by atoms with Crippen LogP contribution in [0.4, 0.5) is 0 Å². The van der Waals surface area contributed by atoms with Crippen LogP contribution in [0, 0.1) is 0 Å². The van der Waals surface area contributed by atoms with Crippen molar-refractivity contribution in [1.82, 2.24) is 4.98 Å². The van der Waals surface area contributed by atoms with Crippen molar-refractivity contribution >= 4 is 23.5 Å². The molecule has 0 aliphatic carbocycles. The van der Waals surface area contributed by atoms with Gasteiger partial charge < -0.3 is 10.2 Å². The number of hydrogen-bond acceptors (Lipinski definition) is 3. The number of carboxylic acids is 2. The topological polar surface area (TPSA) is 87.5 Å². The van der Waals surface area contributed by atoms with E-state index in [2.05, 4.69) is 4.98 Å². The molecule has 6 heteroatoms. The number of halogens is 1. The zero-order valence-corrected chi connectivity index (χ0v) is 7.65. The molecule has 1 aromatic heterocycles. The number of aromatic nitrogens is 1. The van der Waals surface area contributed by atoms with E-state index in [1.807, 2.05) is 0 Å². The fourth-order valence-electron chi connectivity index (χ4n) is 0.947. The highest BCUT2D eigenvalue weighted by molar-refractivity contribution is 6.29. The Bertz CT molecular complexity index is 391. The lowest BCUT2D eigenvalue weighted by atomic mass is 10.1. The van der Waals surface area contributed by atoms with Gasteiger partial charge >= 0.3 is 11.9 Å². The summed E-state index contributed by atoms with van der Waals surface area (Å²) in [7, 11) is 0. The van der Waals surface area contributed by atoms with Crippen LogP contribution in [-0.2, 0) is 11.2 Å². The first kappa shape index (κ1) is 10.5. The van der Waals surface area contributed by atoms with Crippen LogP contribution in [0.15, 0.2) is 12.1 Å². The molecule has 0 unspecified atom stereocenters. The summed E-state index contributed by atoms with van der Waals surface area (Å²) in [5, 5.41) is 17.3. The molecule has 2 N–H and O–H groups in total. The lowest BCUT2D eigenvalue weighted by Gasteiger charge is -2.02. The van der Waals surface area contributed by atoms with Crippen LogP contribution in [0.5, 0.6) is 0 Å². The third-order valence-electron chi connectivity index (χ3n) is 1.49. The van der Waals surface area contributed by atoms with Crippen molar-refractivity contribution in [2.75, 3.05) is 0 Å². The predicted molar refractivity (Wildman–Crippen MR) is 47.5 cm³/mol. The van der Waals surface area contributed by atoms with E-state index in [1.54, 1.807) is 0 Å². The van der Waals surface area contributed by atoms with Gasteiger partial charge in [-0.25, -0.2) is 9.78 Å². The van der Waals surface area contributed by atoms with Gasteiger partial charge in [0.25, 0.3) is 0 Å². The Morgan fingerprint density at radius 1 is 1.36 bits per heavy atom. The van der Waals surface area contributed by atoms with Crippen molar-refractivity contribution < 1.29 is 19.8 Å². The molecule has 0 spiro atoms. The van der Waals surface area contributed by atoms with Crippen LogP contribution in [0.3, 0.4) is 0 Å². The number of carbonyl (C=O) groups is 2. The molecule has 5 nitrogen and oxygen atoms in total. The van der Waals surface area contributed by atoms with Crippen LogP contribution in [0.1, 0.15) is 16.1 Å². The first-order chi connectivity index (χ1) is 6.50. The Labute approximate surface area is 84.0 Å². The smallest absolute Gasteiger partial charge is 0.337 e. The largest absolute Gasteiger partial charge is 0.481 e. The van der Waals surface area contributed by atoms with Crippen molar-refractivity contribution in [3.05, 3.63) is 28.5 Å². The molecule has 0 aliphatic heterocycles. The molecule has 0 bridgehead atoms. The van der Waals surface area contributed by atoms with Crippen LogP contribution in [0.2, 0.25) is 5.15 Å². The third kappa shape index (κ3) is 2.43. The molecule has 74 valence electrons. The Morgan fingerprint density at radius 2 is 2.00 bits per heavy atom. The minimum absolute atomic E-state index is 0.0440. The summed E-state index contributed by atoms with van der Waals surface area (Å²) < 4.78 is 0. The quantitative estimate of drug-likeness (QED) is 0.736. The van der Waals surface area contributed by atoms with Gasteiger partial charge in [0.05, 0.1) is 17.7 Å². The van der Waals surface area contributed by atoms with Gasteiger partial charge in [0.1, 0.15) is 5.15 Å². The number of rotatable bonds is 3. The summed E-state index contributed by atoms with van der Waals surface area (Å²) in [6.07, 6.45) is -0.456. The summed E-state index contributed by atoms with van der Waals surface area (Å²) in [4.78, 5) is 24.7. The minimum Gasteiger partial charge on any atom is -0.481 e. The van der Waals surface area contributed by atoms with Gasteiger partial charge in [-0.15, -0.1) is 0 Å². The molecule has 0 amide bonds. The first-order valence-electron chi connectivity index (χ1n) is 3.61. The Hall–Kier alpha value is -1.62. The van der Waals surface area contributed by atoms with Crippen molar-refractivity contribution in [1.29, 1.82) is 0 Å². The van der Waals surface area contributed by atoms with Crippen molar-refractivity contribution in [2.24, 2.45) is 0 Å². The molecule has 1 rings (SSSR count). The fourth-order valence-corrected chi connectivity index (χ4v) is 1.11. The maximum absolute atomic E-state index is 10.6. The van der Waals surface area contributed by atoms with Crippen LogP contribution in [-0.4, -0.2) is 27.1 Å². The van der Waals surface area contributed by atoms with Gasteiger partial charge in [-0.2, -0.15) is 0 Å². The third-order valence-corrected chi connectivity index (χ3v) is 1.70. The normalized spacial score (nSPS) is 9.79. The summed E-state index contributed by atoms with van der Waals surface area (Å²) >= 11 is 5.51. The molecular weight excluding hydrogens is 210 g/mol. The molecule has 0 fully saturated rings. The molecule has 0 saturated carbocycles. The molecule has 1 heterocycles. The van der Waals surface area contributed by atoms with Crippen molar-refractivity contribution in [2.45, 2.75) is 6.42 Å². The number of aromatic carboxylic acids is 1. The van der Waals surface area contributed by atoms with Gasteiger partial charge in [-0.05, 0) is 12.1 Å².